The van der Waals surface area contributed by atoms with Gasteiger partial charge in [0.1, 0.15) is 5.75 Å². The second-order valence-electron chi connectivity index (χ2n) is 5.42. The van der Waals surface area contributed by atoms with Gasteiger partial charge in [-0.15, -0.1) is 0 Å². The fraction of sp³-hybridized carbons (Fsp3) is 0.562. The van der Waals surface area contributed by atoms with Gasteiger partial charge in [0.05, 0.1) is 19.6 Å². The Morgan fingerprint density at radius 2 is 2.14 bits per heavy atom. The Kier molecular flexibility index (Phi) is 5.87. The van der Waals surface area contributed by atoms with E-state index in [1.807, 2.05) is 17.0 Å². The van der Waals surface area contributed by atoms with Crippen LogP contribution < -0.4 is 10.5 Å². The number of anilines is 1. The number of benzene rings is 1. The zero-order valence-electron chi connectivity index (χ0n) is 12.3. The number of hydrogen-bond acceptors (Lipinski definition) is 4. The van der Waals surface area contributed by atoms with Crippen molar-refractivity contribution < 1.29 is 14.6 Å². The molecular formula is C16H24N2O3. The van der Waals surface area contributed by atoms with Gasteiger partial charge in [0.2, 0.25) is 5.91 Å². The highest BCUT2D eigenvalue weighted by molar-refractivity contribution is 5.76. The predicted molar refractivity (Wildman–Crippen MR) is 82.0 cm³/mol. The van der Waals surface area contributed by atoms with Crippen molar-refractivity contribution >= 4 is 11.6 Å². The number of carbonyl (C=O) groups excluding carboxylic acids is 1. The minimum absolute atomic E-state index is 0.0122. The maximum atomic E-state index is 12.3. The lowest BCUT2D eigenvalue weighted by atomic mass is 10.2. The molecule has 0 bridgehead atoms. The summed E-state index contributed by atoms with van der Waals surface area (Å²) in [6, 6.07) is 7.47. The molecule has 0 heterocycles. The Morgan fingerprint density at radius 1 is 1.38 bits per heavy atom. The summed E-state index contributed by atoms with van der Waals surface area (Å²) in [6.07, 6.45) is 4.74. The highest BCUT2D eigenvalue weighted by Crippen LogP contribution is 2.24. The quantitative estimate of drug-likeness (QED) is 0.751. The number of nitrogens with zero attached hydrogens (tertiary/aromatic N) is 1. The molecule has 1 aromatic carbocycles. The van der Waals surface area contributed by atoms with Gasteiger partial charge < -0.3 is 20.5 Å². The minimum Gasteiger partial charge on any atom is -0.493 e. The number of hydrogen-bond donors (Lipinski definition) is 2. The number of nitrogens with two attached hydrogens (primary N) is 1. The molecule has 0 saturated heterocycles. The topological polar surface area (TPSA) is 75.8 Å². The first-order valence-corrected chi connectivity index (χ1v) is 7.59. The summed E-state index contributed by atoms with van der Waals surface area (Å²) >= 11 is 0. The Morgan fingerprint density at radius 3 is 2.81 bits per heavy atom. The van der Waals surface area contributed by atoms with Crippen LogP contribution in [0.1, 0.15) is 32.1 Å². The largest absolute Gasteiger partial charge is 0.493 e. The van der Waals surface area contributed by atoms with Crippen LogP contribution in [0.3, 0.4) is 0 Å². The average molecular weight is 292 g/mol. The first-order valence-electron chi connectivity index (χ1n) is 7.59. The third kappa shape index (κ3) is 4.63. The molecule has 1 fully saturated rings. The number of ether oxygens (including phenoxy) is 1. The zero-order chi connectivity index (χ0) is 15.1. The van der Waals surface area contributed by atoms with Crippen molar-refractivity contribution in [2.45, 2.75) is 38.1 Å². The zero-order valence-corrected chi connectivity index (χ0v) is 12.3. The molecule has 116 valence electrons. The van der Waals surface area contributed by atoms with E-state index in [1.165, 1.54) is 12.8 Å². The molecule has 2 rings (SSSR count). The van der Waals surface area contributed by atoms with Gasteiger partial charge in [-0.2, -0.15) is 0 Å². The molecule has 1 aromatic rings. The monoisotopic (exact) mass is 292 g/mol. The molecule has 0 radical (unpaired) electrons. The smallest absolute Gasteiger partial charge is 0.226 e. The van der Waals surface area contributed by atoms with Crippen LogP contribution in [0.5, 0.6) is 5.75 Å². The van der Waals surface area contributed by atoms with Crippen LogP contribution >= 0.6 is 0 Å². The van der Waals surface area contributed by atoms with Crippen LogP contribution in [0, 0.1) is 0 Å². The van der Waals surface area contributed by atoms with Crippen LogP contribution in [0.15, 0.2) is 24.3 Å². The van der Waals surface area contributed by atoms with Gasteiger partial charge in [0.25, 0.3) is 0 Å². The molecule has 1 amide bonds. The molecule has 1 saturated carbocycles. The van der Waals surface area contributed by atoms with Gasteiger partial charge >= 0.3 is 0 Å². The number of nitrogen functional groups attached to an aromatic ring is 1. The molecule has 1 aliphatic rings. The highest BCUT2D eigenvalue weighted by Gasteiger charge is 2.25. The Labute approximate surface area is 125 Å². The first-order chi connectivity index (χ1) is 10.2. The Bertz CT molecular complexity index is 459. The normalized spacial score (nSPS) is 15.1. The number of rotatable bonds is 7. The van der Waals surface area contributed by atoms with Gasteiger partial charge in [-0.1, -0.05) is 18.9 Å². The standard InChI is InChI=1S/C16H24N2O3/c17-13-4-3-7-15(12-13)21-11-8-16(20)18(9-10-19)14-5-1-2-6-14/h3-4,7,12,14,19H,1-2,5-6,8-11,17H2. The summed E-state index contributed by atoms with van der Waals surface area (Å²) in [7, 11) is 0. The van der Waals surface area contributed by atoms with Crippen LogP contribution in [-0.4, -0.2) is 41.7 Å². The van der Waals surface area contributed by atoms with E-state index in [2.05, 4.69) is 0 Å². The SMILES string of the molecule is Nc1cccc(OCCC(=O)N(CCO)C2CCCC2)c1. The molecule has 5 nitrogen and oxygen atoms in total. The maximum absolute atomic E-state index is 12.3. The molecule has 3 N–H and O–H groups in total. The first kappa shape index (κ1) is 15.6. The number of carbonyl (C=O) groups is 1. The lowest BCUT2D eigenvalue weighted by Crippen LogP contribution is -2.41. The van der Waals surface area contributed by atoms with E-state index in [0.717, 1.165) is 12.8 Å². The van der Waals surface area contributed by atoms with Gasteiger partial charge in [0.15, 0.2) is 0 Å². The van der Waals surface area contributed by atoms with Gasteiger partial charge in [0, 0.05) is 24.3 Å². The van der Waals surface area contributed by atoms with E-state index in [1.54, 1.807) is 12.1 Å². The lowest BCUT2D eigenvalue weighted by molar-refractivity contribution is -0.134. The van der Waals surface area contributed by atoms with Crippen molar-refractivity contribution in [3.63, 3.8) is 0 Å². The van der Waals surface area contributed by atoms with Gasteiger partial charge in [-0.05, 0) is 25.0 Å². The average Bonchev–Trinajstić information content (AvgIpc) is 2.98. The molecule has 1 aliphatic carbocycles. The molecule has 0 aromatic heterocycles. The van der Waals surface area contributed by atoms with Crippen molar-refractivity contribution in [3.8, 4) is 5.75 Å². The molecule has 21 heavy (non-hydrogen) atoms. The van der Waals surface area contributed by atoms with E-state index in [0.29, 0.717) is 31.0 Å². The molecule has 0 aliphatic heterocycles. The fourth-order valence-corrected chi connectivity index (χ4v) is 2.84. The van der Waals surface area contributed by atoms with E-state index >= 15 is 0 Å². The molecular weight excluding hydrogens is 268 g/mol. The summed E-state index contributed by atoms with van der Waals surface area (Å²) in [5, 5.41) is 9.14. The van der Waals surface area contributed by atoms with Gasteiger partial charge in [-0.3, -0.25) is 4.79 Å². The second kappa shape index (κ2) is 7.88. The van der Waals surface area contributed by atoms with Crippen molar-refractivity contribution in [3.05, 3.63) is 24.3 Å². The summed E-state index contributed by atoms with van der Waals surface area (Å²) in [6.45, 7) is 0.761. The summed E-state index contributed by atoms with van der Waals surface area (Å²) in [5.74, 6) is 0.734. The number of aliphatic hydroxyl groups is 1. The summed E-state index contributed by atoms with van der Waals surface area (Å²) in [4.78, 5) is 14.1. The van der Waals surface area contributed by atoms with E-state index in [4.69, 9.17) is 15.6 Å². The second-order valence-corrected chi connectivity index (χ2v) is 5.42. The van der Waals surface area contributed by atoms with Crippen LogP contribution in [0.4, 0.5) is 5.69 Å². The van der Waals surface area contributed by atoms with Crippen LogP contribution in [0.25, 0.3) is 0 Å². The van der Waals surface area contributed by atoms with E-state index in [-0.39, 0.29) is 18.6 Å². The molecule has 0 spiro atoms. The van der Waals surface area contributed by atoms with Crippen molar-refractivity contribution in [2.24, 2.45) is 0 Å². The van der Waals surface area contributed by atoms with Crippen molar-refractivity contribution in [1.29, 1.82) is 0 Å². The van der Waals surface area contributed by atoms with Crippen LogP contribution in [-0.2, 0) is 4.79 Å². The summed E-state index contributed by atoms with van der Waals surface area (Å²) < 4.78 is 5.56. The third-order valence-electron chi connectivity index (χ3n) is 3.87. The fourth-order valence-electron chi connectivity index (χ4n) is 2.84. The minimum atomic E-state index is 0.0122. The number of amides is 1. The maximum Gasteiger partial charge on any atom is 0.226 e. The van der Waals surface area contributed by atoms with E-state index in [9.17, 15) is 4.79 Å². The van der Waals surface area contributed by atoms with E-state index < -0.39 is 0 Å². The van der Waals surface area contributed by atoms with Gasteiger partial charge in [-0.25, -0.2) is 0 Å². The highest BCUT2D eigenvalue weighted by atomic mass is 16.5. The van der Waals surface area contributed by atoms with Crippen LogP contribution in [0.2, 0.25) is 0 Å². The van der Waals surface area contributed by atoms with Crippen molar-refractivity contribution in [1.82, 2.24) is 4.90 Å². The Hall–Kier alpha value is -1.75. The number of aliphatic hydroxyl groups excluding tert-OH is 1. The van der Waals surface area contributed by atoms with Crippen molar-refractivity contribution in [2.75, 3.05) is 25.5 Å². The lowest BCUT2D eigenvalue weighted by Gasteiger charge is -2.28. The Balaban J connectivity index is 1.81. The molecule has 5 heteroatoms. The molecule has 0 atom stereocenters. The summed E-state index contributed by atoms with van der Waals surface area (Å²) in [5.41, 5.74) is 6.32. The predicted octanol–water partition coefficient (Wildman–Crippen LogP) is 1.80. The molecule has 0 unspecified atom stereocenters. The third-order valence-corrected chi connectivity index (χ3v) is 3.87.